The van der Waals surface area contributed by atoms with Gasteiger partial charge in [-0.2, -0.15) is 0 Å². The standard InChI is InChI=1S/C13H17N3OS/c1-8-4-6-11(7-5-8)12(9(2)14)18-13-16-15-10(3)17-13/h4-7,9,12H,14H2,1-3H3. The van der Waals surface area contributed by atoms with Crippen LogP contribution in [-0.4, -0.2) is 16.2 Å². The van der Waals surface area contributed by atoms with Crippen LogP contribution >= 0.6 is 11.8 Å². The summed E-state index contributed by atoms with van der Waals surface area (Å²) >= 11 is 1.51. The monoisotopic (exact) mass is 263 g/mol. The van der Waals surface area contributed by atoms with Gasteiger partial charge in [0.25, 0.3) is 5.22 Å². The SMILES string of the molecule is Cc1ccc(C(Sc2nnc(C)o2)C(C)N)cc1. The number of thioether (sulfide) groups is 1. The Labute approximate surface area is 111 Å². The third-order valence-electron chi connectivity index (χ3n) is 2.62. The van der Waals surface area contributed by atoms with Crippen LogP contribution in [0.4, 0.5) is 0 Å². The maximum atomic E-state index is 6.05. The van der Waals surface area contributed by atoms with E-state index in [1.165, 1.54) is 22.9 Å². The molecule has 96 valence electrons. The summed E-state index contributed by atoms with van der Waals surface area (Å²) in [6.45, 7) is 5.84. The summed E-state index contributed by atoms with van der Waals surface area (Å²) in [6, 6.07) is 8.37. The summed E-state index contributed by atoms with van der Waals surface area (Å²) in [5.74, 6) is 0.574. The van der Waals surface area contributed by atoms with E-state index in [1.54, 1.807) is 6.92 Å². The van der Waals surface area contributed by atoms with E-state index in [0.29, 0.717) is 11.1 Å². The lowest BCUT2D eigenvalue weighted by molar-refractivity contribution is 0.427. The van der Waals surface area contributed by atoms with Crippen molar-refractivity contribution in [2.45, 2.75) is 37.3 Å². The molecule has 0 aliphatic rings. The van der Waals surface area contributed by atoms with Crippen LogP contribution in [0.1, 0.15) is 29.2 Å². The Morgan fingerprint density at radius 2 is 1.83 bits per heavy atom. The second-order valence-corrected chi connectivity index (χ2v) is 5.49. The number of aromatic nitrogens is 2. The fourth-order valence-corrected chi connectivity index (χ4v) is 2.65. The van der Waals surface area contributed by atoms with E-state index in [4.69, 9.17) is 10.2 Å². The van der Waals surface area contributed by atoms with Crippen LogP contribution in [0.25, 0.3) is 0 Å². The molecule has 0 spiro atoms. The molecule has 1 aromatic carbocycles. The highest BCUT2D eigenvalue weighted by molar-refractivity contribution is 7.99. The number of hydrogen-bond acceptors (Lipinski definition) is 5. The van der Waals surface area contributed by atoms with Gasteiger partial charge in [0.2, 0.25) is 5.89 Å². The summed E-state index contributed by atoms with van der Waals surface area (Å²) < 4.78 is 5.39. The third-order valence-corrected chi connectivity index (χ3v) is 3.94. The summed E-state index contributed by atoms with van der Waals surface area (Å²) in [5.41, 5.74) is 8.46. The van der Waals surface area contributed by atoms with Crippen LogP contribution in [0, 0.1) is 13.8 Å². The fourth-order valence-electron chi connectivity index (χ4n) is 1.67. The van der Waals surface area contributed by atoms with E-state index in [9.17, 15) is 0 Å². The van der Waals surface area contributed by atoms with Crippen LogP contribution in [0.3, 0.4) is 0 Å². The van der Waals surface area contributed by atoms with Gasteiger partial charge < -0.3 is 10.2 Å². The van der Waals surface area contributed by atoms with Gasteiger partial charge in [0.1, 0.15) is 0 Å². The molecule has 0 fully saturated rings. The number of hydrogen-bond donors (Lipinski definition) is 1. The Bertz CT molecular complexity index is 507. The molecule has 0 aliphatic carbocycles. The molecule has 18 heavy (non-hydrogen) atoms. The zero-order valence-electron chi connectivity index (χ0n) is 10.8. The van der Waals surface area contributed by atoms with Crippen LogP contribution < -0.4 is 5.73 Å². The van der Waals surface area contributed by atoms with E-state index >= 15 is 0 Å². The molecular formula is C13H17N3OS. The Morgan fingerprint density at radius 3 is 2.33 bits per heavy atom. The normalized spacial score (nSPS) is 14.4. The summed E-state index contributed by atoms with van der Waals surface area (Å²) in [6.07, 6.45) is 0. The molecule has 5 heteroatoms. The highest BCUT2D eigenvalue weighted by Crippen LogP contribution is 2.36. The second kappa shape index (κ2) is 5.54. The molecule has 0 saturated heterocycles. The van der Waals surface area contributed by atoms with Gasteiger partial charge in [-0.15, -0.1) is 10.2 Å². The van der Waals surface area contributed by atoms with Gasteiger partial charge in [0.05, 0.1) is 5.25 Å². The van der Waals surface area contributed by atoms with Crippen molar-refractivity contribution in [3.63, 3.8) is 0 Å². The predicted molar refractivity (Wildman–Crippen MR) is 72.5 cm³/mol. The first-order valence-corrected chi connectivity index (χ1v) is 6.73. The first-order chi connectivity index (χ1) is 8.56. The summed E-state index contributed by atoms with van der Waals surface area (Å²) in [7, 11) is 0. The maximum Gasteiger partial charge on any atom is 0.277 e. The van der Waals surface area contributed by atoms with E-state index in [1.807, 2.05) is 6.92 Å². The van der Waals surface area contributed by atoms with E-state index < -0.39 is 0 Å². The van der Waals surface area contributed by atoms with Gasteiger partial charge >= 0.3 is 0 Å². The van der Waals surface area contributed by atoms with Crippen LogP contribution in [0.15, 0.2) is 33.9 Å². The number of nitrogens with two attached hydrogens (primary N) is 1. The average molecular weight is 263 g/mol. The van der Waals surface area contributed by atoms with Crippen LogP contribution in [0.5, 0.6) is 0 Å². The minimum absolute atomic E-state index is 0.00455. The highest BCUT2D eigenvalue weighted by atomic mass is 32.2. The smallest absolute Gasteiger partial charge is 0.277 e. The molecule has 2 unspecified atom stereocenters. The Kier molecular flexibility index (Phi) is 4.04. The number of aryl methyl sites for hydroxylation is 2. The lowest BCUT2D eigenvalue weighted by Gasteiger charge is -2.18. The van der Waals surface area contributed by atoms with E-state index in [-0.39, 0.29) is 11.3 Å². The van der Waals surface area contributed by atoms with Crippen LogP contribution in [0.2, 0.25) is 0 Å². The molecule has 0 amide bonds. The zero-order chi connectivity index (χ0) is 13.1. The zero-order valence-corrected chi connectivity index (χ0v) is 11.6. The molecule has 2 N–H and O–H groups in total. The first kappa shape index (κ1) is 13.1. The lowest BCUT2D eigenvalue weighted by atomic mass is 10.1. The molecule has 4 nitrogen and oxygen atoms in total. The van der Waals surface area contributed by atoms with Gasteiger partial charge in [-0.25, -0.2) is 0 Å². The summed E-state index contributed by atoms with van der Waals surface area (Å²) in [4.78, 5) is 0. The molecule has 2 aromatic rings. The fraction of sp³-hybridized carbons (Fsp3) is 0.385. The minimum atomic E-state index is 0.00455. The predicted octanol–water partition coefficient (Wildman–Crippen LogP) is 2.87. The quantitative estimate of drug-likeness (QED) is 0.859. The van der Waals surface area contributed by atoms with Crippen molar-refractivity contribution in [2.24, 2.45) is 5.73 Å². The lowest BCUT2D eigenvalue weighted by Crippen LogP contribution is -2.22. The van der Waals surface area contributed by atoms with E-state index in [2.05, 4.69) is 41.4 Å². The van der Waals surface area contributed by atoms with Gasteiger partial charge in [-0.3, -0.25) is 0 Å². The number of rotatable bonds is 4. The molecule has 0 saturated carbocycles. The van der Waals surface area contributed by atoms with Gasteiger partial charge in [0, 0.05) is 13.0 Å². The molecule has 2 rings (SSSR count). The second-order valence-electron chi connectivity index (χ2n) is 4.40. The molecule has 0 radical (unpaired) electrons. The van der Waals surface area contributed by atoms with Gasteiger partial charge in [-0.05, 0) is 19.4 Å². The van der Waals surface area contributed by atoms with Gasteiger partial charge in [-0.1, -0.05) is 41.6 Å². The molecule has 2 atom stereocenters. The average Bonchev–Trinajstić information content (AvgIpc) is 2.73. The third kappa shape index (κ3) is 3.11. The Morgan fingerprint density at radius 1 is 1.17 bits per heavy atom. The highest BCUT2D eigenvalue weighted by Gasteiger charge is 2.20. The van der Waals surface area contributed by atoms with Crippen molar-refractivity contribution < 1.29 is 4.42 Å². The van der Waals surface area contributed by atoms with Crippen molar-refractivity contribution >= 4 is 11.8 Å². The number of benzene rings is 1. The first-order valence-electron chi connectivity index (χ1n) is 5.85. The Hall–Kier alpha value is -1.33. The van der Waals surface area contributed by atoms with Crippen molar-refractivity contribution in [3.05, 3.63) is 41.3 Å². The number of nitrogens with zero attached hydrogens (tertiary/aromatic N) is 2. The van der Waals surface area contributed by atoms with E-state index in [0.717, 1.165) is 0 Å². The largest absolute Gasteiger partial charge is 0.416 e. The van der Waals surface area contributed by atoms with Crippen molar-refractivity contribution in [1.82, 2.24) is 10.2 Å². The van der Waals surface area contributed by atoms with Crippen LogP contribution in [-0.2, 0) is 0 Å². The molecule has 1 aromatic heterocycles. The van der Waals surface area contributed by atoms with Crippen molar-refractivity contribution in [3.8, 4) is 0 Å². The molecule has 0 bridgehead atoms. The maximum absolute atomic E-state index is 6.05. The van der Waals surface area contributed by atoms with Crippen molar-refractivity contribution in [2.75, 3.05) is 0 Å². The van der Waals surface area contributed by atoms with Gasteiger partial charge in [0.15, 0.2) is 0 Å². The topological polar surface area (TPSA) is 64.9 Å². The summed E-state index contributed by atoms with van der Waals surface area (Å²) in [5, 5.41) is 8.51. The Balaban J connectivity index is 2.20. The molecule has 0 aliphatic heterocycles. The van der Waals surface area contributed by atoms with Crippen molar-refractivity contribution in [1.29, 1.82) is 0 Å². The molecular weight excluding hydrogens is 246 g/mol. The minimum Gasteiger partial charge on any atom is -0.416 e. The molecule has 1 heterocycles.